The predicted molar refractivity (Wildman–Crippen MR) is 88.6 cm³/mol. The van der Waals surface area contributed by atoms with Crippen molar-refractivity contribution in [3.8, 4) is 0 Å². The highest BCUT2D eigenvalue weighted by atomic mass is 32.2. The minimum Gasteiger partial charge on any atom is -0.325 e. The Hall–Kier alpha value is -2.06. The summed E-state index contributed by atoms with van der Waals surface area (Å²) in [7, 11) is -3.37. The quantitative estimate of drug-likeness (QED) is 0.806. The zero-order valence-electron chi connectivity index (χ0n) is 12.7. The molecule has 6 nitrogen and oxygen atoms in total. The lowest BCUT2D eigenvalue weighted by atomic mass is 10.2. The number of carbonyl (C=O) groups is 2. The van der Waals surface area contributed by atoms with Crippen LogP contribution in [0.15, 0.2) is 35.5 Å². The molecule has 2 rings (SSSR count). The number of rotatable bonds is 6. The summed E-state index contributed by atoms with van der Waals surface area (Å²) in [5.41, 5.74) is 0.391. The van der Waals surface area contributed by atoms with Gasteiger partial charge in [0.05, 0.1) is 16.8 Å². The molecule has 0 saturated heterocycles. The summed E-state index contributed by atoms with van der Waals surface area (Å²) in [5.74, 6) is -0.385. The fourth-order valence-corrected chi connectivity index (χ4v) is 3.23. The number of nitrogens with zero attached hydrogens (tertiary/aromatic N) is 1. The van der Waals surface area contributed by atoms with Crippen molar-refractivity contribution in [1.29, 1.82) is 0 Å². The summed E-state index contributed by atoms with van der Waals surface area (Å²) in [4.78, 5) is 29.2. The topological polar surface area (TPSA) is 93.2 Å². The van der Waals surface area contributed by atoms with Gasteiger partial charge >= 0.3 is 0 Å². The number of aromatic nitrogens is 1. The van der Waals surface area contributed by atoms with E-state index in [0.717, 1.165) is 11.1 Å². The highest BCUT2D eigenvalue weighted by Gasteiger charge is 2.12. The zero-order valence-corrected chi connectivity index (χ0v) is 14.3. The normalized spacial score (nSPS) is 11.2. The van der Waals surface area contributed by atoms with Crippen molar-refractivity contribution < 1.29 is 18.0 Å². The van der Waals surface area contributed by atoms with Gasteiger partial charge in [-0.05, 0) is 31.2 Å². The van der Waals surface area contributed by atoms with Gasteiger partial charge in [-0.15, -0.1) is 11.3 Å². The van der Waals surface area contributed by atoms with E-state index in [0.29, 0.717) is 10.6 Å². The maximum atomic E-state index is 11.9. The molecule has 1 amide bonds. The van der Waals surface area contributed by atoms with Gasteiger partial charge in [0.15, 0.2) is 20.6 Å². The molecule has 0 aliphatic heterocycles. The number of nitrogens with one attached hydrogen (secondary N) is 1. The van der Waals surface area contributed by atoms with Gasteiger partial charge in [-0.3, -0.25) is 9.59 Å². The number of ketones is 1. The number of hydrogen-bond acceptors (Lipinski definition) is 6. The van der Waals surface area contributed by atoms with Crippen LogP contribution >= 0.6 is 11.3 Å². The van der Waals surface area contributed by atoms with Gasteiger partial charge in [-0.25, -0.2) is 13.4 Å². The minimum atomic E-state index is -3.37. The molecule has 0 atom stereocenters. The Kier molecular flexibility index (Phi) is 5.27. The van der Waals surface area contributed by atoms with E-state index in [1.165, 1.54) is 29.7 Å². The van der Waals surface area contributed by atoms with Crippen molar-refractivity contribution >= 4 is 38.6 Å². The number of carbonyl (C=O) groups excluding carboxylic acids is 2. The molecule has 0 fully saturated rings. The molecule has 2 aromatic heterocycles. The van der Waals surface area contributed by atoms with Crippen molar-refractivity contribution in [3.63, 3.8) is 0 Å². The van der Waals surface area contributed by atoms with E-state index in [2.05, 4.69) is 10.3 Å². The van der Waals surface area contributed by atoms with E-state index in [9.17, 15) is 18.0 Å². The predicted octanol–water partition coefficient (Wildman–Crippen LogP) is 2.46. The third kappa shape index (κ3) is 4.97. The number of sulfone groups is 1. The number of amides is 1. The average Bonchev–Trinajstić information content (AvgIpc) is 2.91. The number of thiophene rings is 1. The van der Waals surface area contributed by atoms with Gasteiger partial charge in [-0.1, -0.05) is 0 Å². The van der Waals surface area contributed by atoms with Gasteiger partial charge in [0.2, 0.25) is 5.91 Å². The second kappa shape index (κ2) is 7.01. The van der Waals surface area contributed by atoms with E-state index in [1.807, 2.05) is 13.0 Å². The highest BCUT2D eigenvalue weighted by Crippen LogP contribution is 2.18. The monoisotopic (exact) mass is 352 g/mol. The fraction of sp³-hybridized carbons (Fsp3) is 0.267. The standard InChI is InChI=1S/C15H16N2O4S2/c1-10-3-6-13(22-10)12(18)5-7-14(19)17-11-4-8-15(16-9-11)23(2,20)21/h3-4,6,8-9H,5,7H2,1-2H3,(H,17,19). The van der Waals surface area contributed by atoms with Gasteiger partial charge in [0.1, 0.15) is 0 Å². The Bertz CT molecular complexity index is 823. The SMILES string of the molecule is Cc1ccc(C(=O)CCC(=O)Nc2ccc(S(C)(=O)=O)nc2)s1. The van der Waals surface area contributed by atoms with Crippen molar-refractivity contribution in [2.45, 2.75) is 24.8 Å². The molecule has 1 N–H and O–H groups in total. The van der Waals surface area contributed by atoms with Crippen LogP contribution in [-0.2, 0) is 14.6 Å². The summed E-state index contributed by atoms with van der Waals surface area (Å²) >= 11 is 1.41. The molecule has 0 aromatic carbocycles. The van der Waals surface area contributed by atoms with E-state index in [-0.39, 0.29) is 29.6 Å². The Morgan fingerprint density at radius 3 is 2.43 bits per heavy atom. The van der Waals surface area contributed by atoms with Gasteiger partial charge < -0.3 is 5.32 Å². The fourth-order valence-electron chi connectivity index (χ4n) is 1.83. The summed E-state index contributed by atoms with van der Waals surface area (Å²) in [6.45, 7) is 1.92. The van der Waals surface area contributed by atoms with Crippen LogP contribution < -0.4 is 5.32 Å². The molecular formula is C15H16N2O4S2. The molecular weight excluding hydrogens is 336 g/mol. The number of aryl methyl sites for hydroxylation is 1. The number of pyridine rings is 1. The van der Waals surface area contributed by atoms with E-state index >= 15 is 0 Å². The summed E-state index contributed by atoms with van der Waals surface area (Å²) in [6, 6.07) is 6.41. The minimum absolute atomic E-state index is 0.0567. The first-order chi connectivity index (χ1) is 10.8. The maximum Gasteiger partial charge on any atom is 0.224 e. The Labute approximate surface area is 138 Å². The van der Waals surface area contributed by atoms with Crippen LogP contribution in [0.1, 0.15) is 27.4 Å². The molecule has 8 heteroatoms. The van der Waals surface area contributed by atoms with Crippen LogP contribution in [0.25, 0.3) is 0 Å². The molecule has 0 aliphatic rings. The van der Waals surface area contributed by atoms with Crippen LogP contribution in [0.5, 0.6) is 0 Å². The van der Waals surface area contributed by atoms with Crippen molar-refractivity contribution in [3.05, 3.63) is 40.2 Å². The molecule has 2 heterocycles. The molecule has 0 saturated carbocycles. The second-order valence-corrected chi connectivity index (χ2v) is 8.29. The first-order valence-electron chi connectivity index (χ1n) is 6.81. The molecule has 0 unspecified atom stereocenters. The first kappa shape index (κ1) is 17.3. The van der Waals surface area contributed by atoms with E-state index in [4.69, 9.17) is 0 Å². The largest absolute Gasteiger partial charge is 0.325 e. The van der Waals surface area contributed by atoms with Crippen molar-refractivity contribution in [1.82, 2.24) is 4.98 Å². The first-order valence-corrected chi connectivity index (χ1v) is 9.52. The molecule has 122 valence electrons. The van der Waals surface area contributed by atoms with Crippen LogP contribution in [0.2, 0.25) is 0 Å². The third-order valence-electron chi connectivity index (χ3n) is 2.99. The van der Waals surface area contributed by atoms with Crippen LogP contribution in [-0.4, -0.2) is 31.3 Å². The summed E-state index contributed by atoms with van der Waals surface area (Å²) < 4.78 is 22.6. The van der Waals surface area contributed by atoms with Gasteiger partial charge in [-0.2, -0.15) is 0 Å². The smallest absolute Gasteiger partial charge is 0.224 e. The Morgan fingerprint density at radius 2 is 1.91 bits per heavy atom. The summed E-state index contributed by atoms with van der Waals surface area (Å²) in [5, 5.41) is 2.53. The molecule has 23 heavy (non-hydrogen) atoms. The van der Waals surface area contributed by atoms with E-state index in [1.54, 1.807) is 6.07 Å². The van der Waals surface area contributed by atoms with Crippen LogP contribution in [0.3, 0.4) is 0 Å². The number of Topliss-reactive ketones (excluding diaryl/α,β-unsaturated/α-hetero) is 1. The average molecular weight is 352 g/mol. The number of anilines is 1. The molecule has 0 spiro atoms. The van der Waals surface area contributed by atoms with E-state index < -0.39 is 9.84 Å². The van der Waals surface area contributed by atoms with Crippen molar-refractivity contribution in [2.75, 3.05) is 11.6 Å². The second-order valence-electron chi connectivity index (χ2n) is 5.04. The molecule has 2 aromatic rings. The molecule has 0 aliphatic carbocycles. The zero-order chi connectivity index (χ0) is 17.0. The lowest BCUT2D eigenvalue weighted by Crippen LogP contribution is -2.13. The molecule has 0 radical (unpaired) electrons. The molecule has 0 bridgehead atoms. The van der Waals surface area contributed by atoms with Crippen LogP contribution in [0.4, 0.5) is 5.69 Å². The van der Waals surface area contributed by atoms with Crippen molar-refractivity contribution in [2.24, 2.45) is 0 Å². The Morgan fingerprint density at radius 1 is 1.17 bits per heavy atom. The maximum absolute atomic E-state index is 11.9. The Balaban J connectivity index is 1.88. The summed E-state index contributed by atoms with van der Waals surface area (Å²) in [6.07, 6.45) is 2.52. The highest BCUT2D eigenvalue weighted by molar-refractivity contribution is 7.90. The van der Waals surface area contributed by atoms with Crippen LogP contribution in [0, 0.1) is 6.92 Å². The number of hydrogen-bond donors (Lipinski definition) is 1. The lowest BCUT2D eigenvalue weighted by molar-refractivity contribution is -0.116. The van der Waals surface area contributed by atoms with Gasteiger partial charge in [0, 0.05) is 24.0 Å². The lowest BCUT2D eigenvalue weighted by Gasteiger charge is -2.05. The third-order valence-corrected chi connectivity index (χ3v) is 5.04. The van der Waals surface area contributed by atoms with Gasteiger partial charge in [0.25, 0.3) is 0 Å².